The van der Waals surface area contributed by atoms with Crippen LogP contribution in [0, 0.1) is 24.3 Å². The molecule has 10 heavy (non-hydrogen) atoms. The Morgan fingerprint density at radius 2 is 2.30 bits per heavy atom. The van der Waals surface area contributed by atoms with Gasteiger partial charge in [0, 0.05) is 0 Å². The van der Waals surface area contributed by atoms with Gasteiger partial charge < -0.3 is 0 Å². The molecule has 1 aromatic rings. The molecule has 0 aromatic heterocycles. The molecule has 0 atom stereocenters. The molecule has 0 nitrogen and oxygen atoms in total. The maximum Gasteiger partial charge on any atom is -0.000419 e. The van der Waals surface area contributed by atoms with Crippen molar-refractivity contribution in [1.82, 2.24) is 0 Å². The molecule has 0 spiro atoms. The average molecular weight is 130 g/mol. The molecule has 0 aliphatic rings. The Bertz CT molecular complexity index is 165. The molecular weight excluding hydrogens is 120 g/mol. The molecule has 0 heterocycles. The fourth-order valence-corrected chi connectivity index (χ4v) is 0.809. The lowest BCUT2D eigenvalue weighted by Crippen LogP contribution is -1.82. The van der Waals surface area contributed by atoms with Gasteiger partial charge in [-0.3, -0.25) is 0 Å². The van der Waals surface area contributed by atoms with Gasteiger partial charge in [-0.25, -0.2) is 0 Å². The van der Waals surface area contributed by atoms with Gasteiger partial charge in [0.1, 0.15) is 0 Å². The third kappa shape index (κ3) is 2.22. The molecule has 1 rings (SSSR count). The smallest absolute Gasteiger partial charge is 0.000419 e. The normalized spacial score (nSPS) is 9.70. The summed E-state index contributed by atoms with van der Waals surface area (Å²) >= 11 is 0. The lowest BCUT2D eigenvalue weighted by molar-refractivity contribution is 0.794. The Kier molecular flexibility index (Phi) is 3.01. The van der Waals surface area contributed by atoms with E-state index >= 15 is 0 Å². The average Bonchev–Trinajstić information content (AvgIpc) is 2.03. The quantitative estimate of drug-likeness (QED) is 0.588. The van der Waals surface area contributed by atoms with Crippen LogP contribution in [0.25, 0.3) is 0 Å². The molecule has 0 aliphatic carbocycles. The van der Waals surface area contributed by atoms with Crippen molar-refractivity contribution in [3.63, 3.8) is 0 Å². The highest BCUT2D eigenvalue weighted by atomic mass is 13.9. The van der Waals surface area contributed by atoms with Gasteiger partial charge in [-0.2, -0.15) is 0 Å². The second kappa shape index (κ2) is 4.10. The van der Waals surface area contributed by atoms with Gasteiger partial charge in [0.25, 0.3) is 0 Å². The molecule has 0 fully saturated rings. The molecule has 0 N–H and O–H groups in total. The van der Waals surface area contributed by atoms with E-state index in [4.69, 9.17) is 0 Å². The van der Waals surface area contributed by atoms with Crippen LogP contribution in [0.4, 0.5) is 0 Å². The molecule has 1 aromatic carbocycles. The van der Waals surface area contributed by atoms with Crippen molar-refractivity contribution in [2.75, 3.05) is 0 Å². The van der Waals surface area contributed by atoms with Gasteiger partial charge in [-0.15, -0.1) is 0 Å². The fraction of sp³-hybridized carbons (Fsp3) is 0.400. The van der Waals surface area contributed by atoms with Crippen LogP contribution in [0.5, 0.6) is 0 Å². The molecule has 50 valence electrons. The van der Waals surface area contributed by atoms with Gasteiger partial charge in [-0.05, 0) is 48.7 Å². The standard InChI is InChI=1S/C10H10/c1-2-3-7-10-8-5-4-6-9-10/h8H,2-3,7H2,1H3. The third-order valence-corrected chi connectivity index (χ3v) is 1.40. The summed E-state index contributed by atoms with van der Waals surface area (Å²) in [5.41, 5.74) is 1.20. The van der Waals surface area contributed by atoms with Crippen LogP contribution in [-0.4, -0.2) is 0 Å². The van der Waals surface area contributed by atoms with Crippen molar-refractivity contribution in [3.8, 4) is 0 Å². The minimum atomic E-state index is 1.10. The molecule has 0 bridgehead atoms. The molecule has 4 radical (unpaired) electrons. The van der Waals surface area contributed by atoms with Crippen LogP contribution in [-0.2, 0) is 6.42 Å². The zero-order chi connectivity index (χ0) is 7.23. The lowest BCUT2D eigenvalue weighted by atomic mass is 10.1. The third-order valence-electron chi connectivity index (χ3n) is 1.40. The van der Waals surface area contributed by atoms with Crippen LogP contribution in [0.1, 0.15) is 25.3 Å². The first-order chi connectivity index (χ1) is 4.93. The summed E-state index contributed by atoms with van der Waals surface area (Å²) in [6.45, 7) is 2.18. The first-order valence-electron chi connectivity index (χ1n) is 3.64. The molecule has 0 heteroatoms. The van der Waals surface area contributed by atoms with Crippen LogP contribution < -0.4 is 0 Å². The molecule has 0 saturated heterocycles. The van der Waals surface area contributed by atoms with Crippen molar-refractivity contribution in [1.29, 1.82) is 0 Å². The maximum absolute atomic E-state index is 2.99. The number of unbranched alkanes of at least 4 members (excludes halogenated alkanes) is 1. The molecule has 0 amide bonds. The van der Waals surface area contributed by atoms with Gasteiger partial charge in [0.15, 0.2) is 0 Å². The molecule has 0 aliphatic heterocycles. The molecular formula is C10H10. The Morgan fingerprint density at radius 1 is 1.40 bits per heavy atom. The summed E-state index contributed by atoms with van der Waals surface area (Å²) in [4.78, 5) is 0. The highest BCUT2D eigenvalue weighted by Crippen LogP contribution is 2.01. The predicted molar refractivity (Wildman–Crippen MR) is 40.4 cm³/mol. The van der Waals surface area contributed by atoms with Gasteiger partial charge in [0.05, 0.1) is 0 Å². The van der Waals surface area contributed by atoms with E-state index in [0.717, 1.165) is 6.42 Å². The van der Waals surface area contributed by atoms with Crippen LogP contribution in [0.3, 0.4) is 0 Å². The number of benzene rings is 1. The van der Waals surface area contributed by atoms with E-state index < -0.39 is 0 Å². The fourth-order valence-electron chi connectivity index (χ4n) is 0.809. The first kappa shape index (κ1) is 7.33. The minimum absolute atomic E-state index is 1.10. The summed E-state index contributed by atoms with van der Waals surface area (Å²) in [6, 6.07) is 13.2. The van der Waals surface area contributed by atoms with Crippen LogP contribution in [0.2, 0.25) is 0 Å². The largest absolute Gasteiger partial charge is 0.0654 e. The van der Waals surface area contributed by atoms with Crippen LogP contribution in [0.15, 0.2) is 6.07 Å². The van der Waals surface area contributed by atoms with Crippen LogP contribution >= 0.6 is 0 Å². The Hall–Kier alpha value is -0.780. The van der Waals surface area contributed by atoms with E-state index in [1.165, 1.54) is 18.4 Å². The Labute approximate surface area is 62.9 Å². The highest BCUT2D eigenvalue weighted by Gasteiger charge is 1.88. The van der Waals surface area contributed by atoms with Gasteiger partial charge in [0.2, 0.25) is 0 Å². The molecule has 0 saturated carbocycles. The van der Waals surface area contributed by atoms with Crippen molar-refractivity contribution in [3.05, 3.63) is 35.9 Å². The number of hydrogen-bond acceptors (Lipinski definition) is 0. The van der Waals surface area contributed by atoms with E-state index in [9.17, 15) is 0 Å². The van der Waals surface area contributed by atoms with E-state index in [2.05, 4.69) is 31.2 Å². The van der Waals surface area contributed by atoms with Crippen molar-refractivity contribution in [2.45, 2.75) is 26.2 Å². The maximum atomic E-state index is 2.99. The SMILES string of the molecule is CCCCc1[c][c][c][c]c1. The van der Waals surface area contributed by atoms with E-state index in [1.54, 1.807) is 0 Å². The zero-order valence-corrected chi connectivity index (χ0v) is 6.20. The monoisotopic (exact) mass is 130 g/mol. The summed E-state index contributed by atoms with van der Waals surface area (Å²) in [5.74, 6) is 0. The second-order valence-electron chi connectivity index (χ2n) is 2.29. The first-order valence-corrected chi connectivity index (χ1v) is 3.64. The summed E-state index contributed by atoms with van der Waals surface area (Å²) in [7, 11) is 0. The van der Waals surface area contributed by atoms with E-state index in [-0.39, 0.29) is 0 Å². The highest BCUT2D eigenvalue weighted by molar-refractivity contribution is 5.09. The van der Waals surface area contributed by atoms with Gasteiger partial charge >= 0.3 is 0 Å². The topological polar surface area (TPSA) is 0 Å². The predicted octanol–water partition coefficient (Wildman–Crippen LogP) is 2.23. The summed E-state index contributed by atoms with van der Waals surface area (Å²) < 4.78 is 0. The Morgan fingerprint density at radius 3 is 2.90 bits per heavy atom. The van der Waals surface area contributed by atoms with Gasteiger partial charge in [-0.1, -0.05) is 13.3 Å². The molecule has 0 unspecified atom stereocenters. The minimum Gasteiger partial charge on any atom is -0.0654 e. The number of rotatable bonds is 3. The number of hydrogen-bond donors (Lipinski definition) is 0. The Balaban J connectivity index is 2.43. The van der Waals surface area contributed by atoms with E-state index in [0.29, 0.717) is 0 Å². The second-order valence-corrected chi connectivity index (χ2v) is 2.29. The van der Waals surface area contributed by atoms with E-state index in [1.807, 2.05) is 6.07 Å². The zero-order valence-electron chi connectivity index (χ0n) is 6.20. The number of aryl methyl sites for hydroxylation is 1. The summed E-state index contributed by atoms with van der Waals surface area (Å²) in [5, 5.41) is 0. The summed E-state index contributed by atoms with van der Waals surface area (Å²) in [6.07, 6.45) is 3.55. The lowest BCUT2D eigenvalue weighted by Gasteiger charge is -1.94. The van der Waals surface area contributed by atoms with Crippen molar-refractivity contribution < 1.29 is 0 Å². The van der Waals surface area contributed by atoms with Crippen molar-refractivity contribution >= 4 is 0 Å². The van der Waals surface area contributed by atoms with Crippen molar-refractivity contribution in [2.24, 2.45) is 0 Å².